The van der Waals surface area contributed by atoms with Gasteiger partial charge >= 0.3 is 6.03 Å². The first-order chi connectivity index (χ1) is 11.7. The Kier molecular flexibility index (Phi) is 4.81. The summed E-state index contributed by atoms with van der Waals surface area (Å²) in [5.41, 5.74) is 1.46. The van der Waals surface area contributed by atoms with E-state index in [4.69, 9.17) is 0 Å². The number of urea groups is 1. The number of H-pyrrole nitrogens is 1. The van der Waals surface area contributed by atoms with Gasteiger partial charge in [0.2, 0.25) is 0 Å². The van der Waals surface area contributed by atoms with Crippen LogP contribution in [-0.2, 0) is 6.42 Å². The number of anilines is 1. The van der Waals surface area contributed by atoms with Crippen molar-refractivity contribution < 1.29 is 9.18 Å². The number of halogens is 1. The Morgan fingerprint density at radius 3 is 2.58 bits per heavy atom. The van der Waals surface area contributed by atoms with Crippen molar-refractivity contribution in [1.82, 2.24) is 20.5 Å². The van der Waals surface area contributed by atoms with Crippen molar-refractivity contribution in [3.8, 4) is 11.4 Å². The van der Waals surface area contributed by atoms with Crippen LogP contribution >= 0.6 is 0 Å². The summed E-state index contributed by atoms with van der Waals surface area (Å²) in [6, 6.07) is 14.9. The Bertz CT molecular complexity index is 801. The van der Waals surface area contributed by atoms with Gasteiger partial charge in [0, 0.05) is 24.2 Å². The van der Waals surface area contributed by atoms with Gasteiger partial charge in [-0.05, 0) is 36.4 Å². The van der Waals surface area contributed by atoms with Crippen LogP contribution in [0.3, 0.4) is 0 Å². The lowest BCUT2D eigenvalue weighted by Gasteiger charge is -2.06. The van der Waals surface area contributed by atoms with Crippen molar-refractivity contribution in [2.75, 3.05) is 11.9 Å². The molecule has 1 aromatic heterocycles. The molecule has 24 heavy (non-hydrogen) atoms. The molecule has 0 saturated heterocycles. The van der Waals surface area contributed by atoms with Crippen LogP contribution in [0.2, 0.25) is 0 Å². The summed E-state index contributed by atoms with van der Waals surface area (Å²) < 4.78 is 12.9. The molecule has 122 valence electrons. The van der Waals surface area contributed by atoms with Crippen molar-refractivity contribution in [1.29, 1.82) is 0 Å². The van der Waals surface area contributed by atoms with Crippen molar-refractivity contribution >= 4 is 11.7 Å². The molecule has 0 radical (unpaired) electrons. The quantitative estimate of drug-likeness (QED) is 0.674. The molecule has 0 saturated carbocycles. The van der Waals surface area contributed by atoms with Crippen LogP contribution in [0.1, 0.15) is 5.82 Å². The fourth-order valence-electron chi connectivity index (χ4n) is 2.13. The standard InChI is InChI=1S/C17H16FN5O/c18-13-8-6-12(7-9-13)16-21-15(22-23-16)10-11-19-17(24)20-14-4-2-1-3-5-14/h1-9H,10-11H2,(H2,19,20,24)(H,21,22,23). The Hall–Kier alpha value is -3.22. The van der Waals surface area contributed by atoms with Gasteiger partial charge in [-0.15, -0.1) is 0 Å². The summed E-state index contributed by atoms with van der Waals surface area (Å²) in [7, 11) is 0. The highest BCUT2D eigenvalue weighted by Crippen LogP contribution is 2.14. The lowest BCUT2D eigenvalue weighted by molar-refractivity contribution is 0.252. The Labute approximate surface area is 138 Å². The highest BCUT2D eigenvalue weighted by molar-refractivity contribution is 5.89. The number of aromatic amines is 1. The number of carbonyl (C=O) groups excluding carboxylic acids is 1. The zero-order valence-corrected chi connectivity index (χ0v) is 12.8. The van der Waals surface area contributed by atoms with E-state index in [9.17, 15) is 9.18 Å². The lowest BCUT2D eigenvalue weighted by Crippen LogP contribution is -2.30. The van der Waals surface area contributed by atoms with Crippen LogP contribution in [0.15, 0.2) is 54.6 Å². The molecule has 3 rings (SSSR count). The van der Waals surface area contributed by atoms with E-state index in [0.29, 0.717) is 24.6 Å². The monoisotopic (exact) mass is 325 g/mol. The third-order valence-electron chi connectivity index (χ3n) is 3.31. The zero-order valence-electron chi connectivity index (χ0n) is 12.8. The second-order valence-corrected chi connectivity index (χ2v) is 5.11. The van der Waals surface area contributed by atoms with Gasteiger partial charge in [0.15, 0.2) is 5.82 Å². The maximum atomic E-state index is 12.9. The SMILES string of the molecule is O=C(NCCc1nc(-c2ccc(F)cc2)n[nH]1)Nc1ccccc1. The van der Waals surface area contributed by atoms with Crippen LogP contribution in [0.5, 0.6) is 0 Å². The maximum Gasteiger partial charge on any atom is 0.319 e. The Balaban J connectivity index is 1.49. The van der Waals surface area contributed by atoms with Crippen LogP contribution in [-0.4, -0.2) is 27.8 Å². The van der Waals surface area contributed by atoms with E-state index in [1.165, 1.54) is 12.1 Å². The van der Waals surface area contributed by atoms with E-state index in [-0.39, 0.29) is 11.8 Å². The van der Waals surface area contributed by atoms with Crippen molar-refractivity contribution in [2.45, 2.75) is 6.42 Å². The molecule has 0 aliphatic rings. The second kappa shape index (κ2) is 7.36. The van der Waals surface area contributed by atoms with Crippen LogP contribution in [0.25, 0.3) is 11.4 Å². The number of aromatic nitrogens is 3. The van der Waals surface area contributed by atoms with Crippen LogP contribution < -0.4 is 10.6 Å². The smallest absolute Gasteiger partial charge is 0.319 e. The highest BCUT2D eigenvalue weighted by Gasteiger charge is 2.07. The van der Waals surface area contributed by atoms with Gasteiger partial charge in [0.05, 0.1) is 0 Å². The number of hydrogen-bond acceptors (Lipinski definition) is 3. The molecule has 2 amide bonds. The number of para-hydroxylation sites is 1. The molecule has 0 spiro atoms. The molecule has 2 aromatic carbocycles. The van der Waals surface area contributed by atoms with Gasteiger partial charge in [-0.3, -0.25) is 5.10 Å². The third-order valence-corrected chi connectivity index (χ3v) is 3.31. The van der Waals surface area contributed by atoms with E-state index in [0.717, 1.165) is 11.3 Å². The van der Waals surface area contributed by atoms with Crippen molar-refractivity contribution in [3.05, 3.63) is 66.2 Å². The lowest BCUT2D eigenvalue weighted by atomic mass is 10.2. The molecule has 6 nitrogen and oxygen atoms in total. The molecule has 0 atom stereocenters. The summed E-state index contributed by atoms with van der Waals surface area (Å²) in [6.45, 7) is 0.413. The topological polar surface area (TPSA) is 82.7 Å². The number of carbonyl (C=O) groups is 1. The molecule has 0 aliphatic heterocycles. The van der Waals surface area contributed by atoms with Gasteiger partial charge in [0.1, 0.15) is 11.6 Å². The number of amides is 2. The van der Waals surface area contributed by atoms with Gasteiger partial charge in [-0.1, -0.05) is 18.2 Å². The molecule has 0 unspecified atom stereocenters. The Morgan fingerprint density at radius 1 is 1.08 bits per heavy atom. The number of nitrogens with one attached hydrogen (secondary N) is 3. The van der Waals surface area contributed by atoms with Crippen molar-refractivity contribution in [2.24, 2.45) is 0 Å². The largest absolute Gasteiger partial charge is 0.337 e. The maximum absolute atomic E-state index is 12.9. The van der Waals surface area contributed by atoms with Crippen LogP contribution in [0.4, 0.5) is 14.9 Å². The molecule has 7 heteroatoms. The molecule has 0 aliphatic carbocycles. The molecular weight excluding hydrogens is 309 g/mol. The van der Waals surface area contributed by atoms with Crippen LogP contribution in [0, 0.1) is 5.82 Å². The second-order valence-electron chi connectivity index (χ2n) is 5.11. The minimum Gasteiger partial charge on any atom is -0.337 e. The molecular formula is C17H16FN5O. The molecule has 3 N–H and O–H groups in total. The number of hydrogen-bond donors (Lipinski definition) is 3. The van der Waals surface area contributed by atoms with E-state index < -0.39 is 0 Å². The Morgan fingerprint density at radius 2 is 1.83 bits per heavy atom. The molecule has 0 bridgehead atoms. The third kappa shape index (κ3) is 4.16. The van der Waals surface area contributed by atoms with E-state index in [2.05, 4.69) is 25.8 Å². The first-order valence-electron chi connectivity index (χ1n) is 7.48. The van der Waals surface area contributed by atoms with Gasteiger partial charge in [-0.25, -0.2) is 14.2 Å². The van der Waals surface area contributed by atoms with E-state index >= 15 is 0 Å². The van der Waals surface area contributed by atoms with E-state index in [1.54, 1.807) is 12.1 Å². The van der Waals surface area contributed by atoms with Gasteiger partial charge in [0.25, 0.3) is 0 Å². The zero-order chi connectivity index (χ0) is 16.8. The normalized spacial score (nSPS) is 10.4. The fraction of sp³-hybridized carbons (Fsp3) is 0.118. The average molecular weight is 325 g/mol. The summed E-state index contributed by atoms with van der Waals surface area (Å²) in [4.78, 5) is 16.1. The van der Waals surface area contributed by atoms with E-state index in [1.807, 2.05) is 30.3 Å². The number of nitrogens with zero attached hydrogens (tertiary/aromatic N) is 2. The fourth-order valence-corrected chi connectivity index (χ4v) is 2.13. The summed E-state index contributed by atoms with van der Waals surface area (Å²) in [5.74, 6) is 0.844. The first kappa shape index (κ1) is 15.7. The predicted molar refractivity (Wildman–Crippen MR) is 88.9 cm³/mol. The average Bonchev–Trinajstić information content (AvgIpc) is 3.05. The number of benzene rings is 2. The minimum absolute atomic E-state index is 0.278. The van der Waals surface area contributed by atoms with Gasteiger partial charge < -0.3 is 10.6 Å². The summed E-state index contributed by atoms with van der Waals surface area (Å²) in [6.07, 6.45) is 0.510. The van der Waals surface area contributed by atoms with Crippen molar-refractivity contribution in [3.63, 3.8) is 0 Å². The minimum atomic E-state index is -0.303. The summed E-state index contributed by atoms with van der Waals surface area (Å²) >= 11 is 0. The highest BCUT2D eigenvalue weighted by atomic mass is 19.1. The summed E-state index contributed by atoms with van der Waals surface area (Å²) in [5, 5.41) is 12.4. The molecule has 0 fully saturated rings. The predicted octanol–water partition coefficient (Wildman–Crippen LogP) is 2.98. The molecule has 1 heterocycles. The number of rotatable bonds is 5. The molecule has 3 aromatic rings. The van der Waals surface area contributed by atoms with Gasteiger partial charge in [-0.2, -0.15) is 5.10 Å². The first-order valence-corrected chi connectivity index (χ1v) is 7.48.